The molecular formula is C11H11BrClNO2. The summed E-state index contributed by atoms with van der Waals surface area (Å²) in [5.74, 6) is -1.08. The molecule has 1 heterocycles. The zero-order chi connectivity index (χ0) is 11.7. The Kier molecular flexibility index (Phi) is 3.52. The van der Waals surface area contributed by atoms with E-state index >= 15 is 0 Å². The minimum absolute atomic E-state index is 0.0178. The minimum Gasteiger partial charge on any atom is -0.481 e. The smallest absolute Gasteiger partial charge is 0.307 e. The van der Waals surface area contributed by atoms with Gasteiger partial charge >= 0.3 is 5.97 Å². The van der Waals surface area contributed by atoms with Gasteiger partial charge in [0.2, 0.25) is 0 Å². The largest absolute Gasteiger partial charge is 0.481 e. The second-order valence-corrected chi connectivity index (χ2v) is 5.13. The monoisotopic (exact) mass is 303 g/mol. The van der Waals surface area contributed by atoms with Crippen molar-refractivity contribution >= 4 is 33.5 Å². The molecule has 0 saturated carbocycles. The molecule has 1 fully saturated rings. The van der Waals surface area contributed by atoms with Gasteiger partial charge in [-0.25, -0.2) is 0 Å². The average Bonchev–Trinajstić information content (AvgIpc) is 2.66. The molecule has 86 valence electrons. The van der Waals surface area contributed by atoms with Crippen LogP contribution < -0.4 is 5.32 Å². The molecule has 0 amide bonds. The fourth-order valence-electron chi connectivity index (χ4n) is 1.99. The van der Waals surface area contributed by atoms with Crippen LogP contribution in [0.4, 0.5) is 0 Å². The van der Waals surface area contributed by atoms with Gasteiger partial charge in [0.1, 0.15) is 0 Å². The molecule has 0 bridgehead atoms. The Balaban J connectivity index is 2.24. The lowest BCUT2D eigenvalue weighted by molar-refractivity contribution is -0.141. The van der Waals surface area contributed by atoms with Crippen molar-refractivity contribution in [3.63, 3.8) is 0 Å². The third kappa shape index (κ3) is 2.24. The van der Waals surface area contributed by atoms with Crippen LogP contribution >= 0.6 is 27.5 Å². The lowest BCUT2D eigenvalue weighted by Crippen LogP contribution is -2.17. The molecule has 0 aromatic heterocycles. The van der Waals surface area contributed by atoms with Gasteiger partial charge in [-0.3, -0.25) is 4.79 Å². The molecule has 5 heteroatoms. The first kappa shape index (κ1) is 11.9. The topological polar surface area (TPSA) is 49.3 Å². The van der Waals surface area contributed by atoms with E-state index in [-0.39, 0.29) is 12.0 Å². The van der Waals surface area contributed by atoms with Gasteiger partial charge in [0.15, 0.2) is 0 Å². The maximum atomic E-state index is 10.9. The molecule has 1 aliphatic heterocycles. The fraction of sp³-hybridized carbons (Fsp3) is 0.364. The Morgan fingerprint density at radius 3 is 2.88 bits per heavy atom. The van der Waals surface area contributed by atoms with E-state index in [1.165, 1.54) is 0 Å². The summed E-state index contributed by atoms with van der Waals surface area (Å²) in [5, 5.41) is 12.8. The van der Waals surface area contributed by atoms with Crippen molar-refractivity contribution in [1.82, 2.24) is 5.32 Å². The quantitative estimate of drug-likeness (QED) is 0.883. The van der Waals surface area contributed by atoms with Gasteiger partial charge in [-0.05, 0) is 18.6 Å². The standard InChI is InChI=1S/C11H11BrClNO2/c12-7-2-1-3-8(13)10(7)9-4-6(5-14-9)11(15)16/h1-3,6,9,14H,4-5H2,(H,15,16). The number of benzene rings is 1. The van der Waals surface area contributed by atoms with E-state index in [4.69, 9.17) is 16.7 Å². The van der Waals surface area contributed by atoms with E-state index in [9.17, 15) is 4.79 Å². The highest BCUT2D eigenvalue weighted by Gasteiger charge is 2.31. The van der Waals surface area contributed by atoms with Gasteiger partial charge < -0.3 is 10.4 Å². The maximum Gasteiger partial charge on any atom is 0.307 e. The van der Waals surface area contributed by atoms with Crippen LogP contribution in [0.5, 0.6) is 0 Å². The number of hydrogen-bond donors (Lipinski definition) is 2. The number of hydrogen-bond acceptors (Lipinski definition) is 2. The Labute approximate surface area is 107 Å². The molecule has 3 nitrogen and oxygen atoms in total. The van der Waals surface area contributed by atoms with Crippen LogP contribution in [0.25, 0.3) is 0 Å². The van der Waals surface area contributed by atoms with Crippen LogP contribution in [-0.2, 0) is 4.79 Å². The zero-order valence-electron chi connectivity index (χ0n) is 8.41. The van der Waals surface area contributed by atoms with E-state index in [2.05, 4.69) is 21.2 Å². The Morgan fingerprint density at radius 1 is 1.56 bits per heavy atom. The highest BCUT2D eigenvalue weighted by molar-refractivity contribution is 9.10. The van der Waals surface area contributed by atoms with Crippen molar-refractivity contribution in [2.45, 2.75) is 12.5 Å². The van der Waals surface area contributed by atoms with Crippen LogP contribution in [0.2, 0.25) is 5.02 Å². The summed E-state index contributed by atoms with van der Waals surface area (Å²) in [6.45, 7) is 0.498. The molecule has 0 spiro atoms. The molecule has 1 aromatic rings. The molecule has 2 atom stereocenters. The van der Waals surface area contributed by atoms with Gasteiger partial charge in [-0.2, -0.15) is 0 Å². The van der Waals surface area contributed by atoms with E-state index in [1.54, 1.807) is 0 Å². The zero-order valence-corrected chi connectivity index (χ0v) is 10.8. The summed E-state index contributed by atoms with van der Waals surface area (Å²) >= 11 is 9.56. The lowest BCUT2D eigenvalue weighted by Gasteiger charge is -2.14. The fourth-order valence-corrected chi connectivity index (χ4v) is 3.05. The highest BCUT2D eigenvalue weighted by Crippen LogP contribution is 2.36. The molecule has 0 aliphatic carbocycles. The van der Waals surface area contributed by atoms with Crippen molar-refractivity contribution in [3.8, 4) is 0 Å². The van der Waals surface area contributed by atoms with E-state index < -0.39 is 5.97 Å². The van der Waals surface area contributed by atoms with Gasteiger partial charge in [-0.1, -0.05) is 33.6 Å². The van der Waals surface area contributed by atoms with Gasteiger partial charge in [0.25, 0.3) is 0 Å². The van der Waals surface area contributed by atoms with Crippen molar-refractivity contribution in [2.75, 3.05) is 6.54 Å². The second-order valence-electron chi connectivity index (χ2n) is 3.87. The molecule has 0 radical (unpaired) electrons. The molecule has 1 aromatic carbocycles. The first-order valence-corrected chi connectivity index (χ1v) is 6.16. The van der Waals surface area contributed by atoms with Crippen LogP contribution in [0, 0.1) is 5.92 Å². The van der Waals surface area contributed by atoms with Crippen molar-refractivity contribution in [3.05, 3.63) is 33.3 Å². The van der Waals surface area contributed by atoms with E-state index in [1.807, 2.05) is 18.2 Å². The molecule has 2 N–H and O–H groups in total. The Morgan fingerprint density at radius 2 is 2.31 bits per heavy atom. The Hall–Kier alpha value is -0.580. The van der Waals surface area contributed by atoms with Crippen LogP contribution in [-0.4, -0.2) is 17.6 Å². The predicted octanol–water partition coefficient (Wildman–Crippen LogP) is 2.84. The van der Waals surface area contributed by atoms with E-state index in [0.29, 0.717) is 18.0 Å². The first-order chi connectivity index (χ1) is 7.59. The van der Waals surface area contributed by atoms with Crippen LogP contribution in [0.15, 0.2) is 22.7 Å². The average molecular weight is 305 g/mol. The number of carbonyl (C=O) groups is 1. The molecule has 2 unspecified atom stereocenters. The summed E-state index contributed by atoms with van der Waals surface area (Å²) in [6, 6.07) is 5.61. The summed E-state index contributed by atoms with van der Waals surface area (Å²) in [5.41, 5.74) is 0.952. The number of halogens is 2. The first-order valence-electron chi connectivity index (χ1n) is 4.99. The van der Waals surface area contributed by atoms with Gasteiger partial charge in [0, 0.05) is 27.6 Å². The Bertz CT molecular complexity index is 404. The molecule has 16 heavy (non-hydrogen) atoms. The van der Waals surface area contributed by atoms with E-state index in [0.717, 1.165) is 10.0 Å². The summed E-state index contributed by atoms with van der Waals surface area (Å²) < 4.78 is 0.920. The summed E-state index contributed by atoms with van der Waals surface area (Å²) in [7, 11) is 0. The SMILES string of the molecule is O=C(O)C1CNC(c2c(Cl)cccc2Br)C1. The molecule has 1 aliphatic rings. The number of nitrogens with one attached hydrogen (secondary N) is 1. The molecule has 1 saturated heterocycles. The molecule has 2 rings (SSSR count). The lowest BCUT2D eigenvalue weighted by atomic mass is 10.0. The number of rotatable bonds is 2. The third-order valence-electron chi connectivity index (χ3n) is 2.83. The van der Waals surface area contributed by atoms with Gasteiger partial charge in [0.05, 0.1) is 5.92 Å². The number of carboxylic acids is 1. The second kappa shape index (κ2) is 4.73. The molecular weight excluding hydrogens is 293 g/mol. The van der Waals surface area contributed by atoms with Gasteiger partial charge in [-0.15, -0.1) is 0 Å². The van der Waals surface area contributed by atoms with Crippen LogP contribution in [0.1, 0.15) is 18.0 Å². The highest BCUT2D eigenvalue weighted by atomic mass is 79.9. The summed E-state index contributed by atoms with van der Waals surface area (Å²) in [4.78, 5) is 10.9. The maximum absolute atomic E-state index is 10.9. The number of carboxylic acid groups (broad SMARTS) is 1. The predicted molar refractivity (Wildman–Crippen MR) is 65.6 cm³/mol. The van der Waals surface area contributed by atoms with Crippen LogP contribution in [0.3, 0.4) is 0 Å². The number of aliphatic carboxylic acids is 1. The third-order valence-corrected chi connectivity index (χ3v) is 3.85. The van der Waals surface area contributed by atoms with Crippen molar-refractivity contribution in [1.29, 1.82) is 0 Å². The summed E-state index contributed by atoms with van der Waals surface area (Å²) in [6.07, 6.45) is 0.581. The van der Waals surface area contributed by atoms with Crippen molar-refractivity contribution < 1.29 is 9.90 Å². The minimum atomic E-state index is -0.752. The van der Waals surface area contributed by atoms with Crippen molar-refractivity contribution in [2.24, 2.45) is 5.92 Å². The normalized spacial score (nSPS) is 24.6.